The quantitative estimate of drug-likeness (QED) is 0.561. The van der Waals surface area contributed by atoms with E-state index in [1.807, 2.05) is 0 Å². The minimum atomic E-state index is -0.780. The molecule has 15 heavy (non-hydrogen) atoms. The molecule has 0 fully saturated rings. The lowest BCUT2D eigenvalue weighted by Crippen LogP contribution is -1.95. The number of rotatable bonds is 2. The molecule has 0 atom stereocenters. The Morgan fingerprint density at radius 1 is 1.13 bits per heavy atom. The van der Waals surface area contributed by atoms with E-state index in [2.05, 4.69) is 0 Å². The average molecular weight is 216 g/mol. The Labute approximate surface area is 84.6 Å². The molecular formula is C8H9FN2O4. The summed E-state index contributed by atoms with van der Waals surface area (Å²) in [5.41, 5.74) is -0.968. The van der Waals surface area contributed by atoms with E-state index in [-0.39, 0.29) is 6.67 Å². The molecule has 0 bridgehead atoms. The van der Waals surface area contributed by atoms with Crippen LogP contribution >= 0.6 is 0 Å². The van der Waals surface area contributed by atoms with E-state index in [1.165, 1.54) is 19.1 Å². The van der Waals surface area contributed by atoms with Gasteiger partial charge in [0.25, 0.3) is 0 Å². The Bertz CT molecular complexity index is 323. The zero-order chi connectivity index (χ0) is 11.8. The number of hydrogen-bond acceptors (Lipinski definition) is 4. The van der Waals surface area contributed by atoms with Gasteiger partial charge in [0.2, 0.25) is 0 Å². The number of hydrogen-bond donors (Lipinski definition) is 0. The van der Waals surface area contributed by atoms with Gasteiger partial charge in [0.1, 0.15) is 0 Å². The third kappa shape index (κ3) is 4.12. The van der Waals surface area contributed by atoms with Crippen molar-refractivity contribution in [2.24, 2.45) is 0 Å². The van der Waals surface area contributed by atoms with Crippen LogP contribution < -0.4 is 0 Å². The predicted molar refractivity (Wildman–Crippen MR) is 51.4 cm³/mol. The molecule has 7 heteroatoms. The van der Waals surface area contributed by atoms with Gasteiger partial charge in [0.05, 0.1) is 16.5 Å². The molecule has 0 heterocycles. The topological polar surface area (TPSA) is 86.3 Å². The van der Waals surface area contributed by atoms with Crippen molar-refractivity contribution in [3.05, 3.63) is 44.5 Å². The highest BCUT2D eigenvalue weighted by Gasteiger charge is 2.21. The third-order valence-electron chi connectivity index (χ3n) is 1.28. The minimum Gasteiger partial charge on any atom is -0.258 e. The molecule has 0 radical (unpaired) electrons. The summed E-state index contributed by atoms with van der Waals surface area (Å²) in [5, 5.41) is 20.5. The van der Waals surface area contributed by atoms with Crippen molar-refractivity contribution in [1.29, 1.82) is 0 Å². The molecule has 1 aromatic rings. The summed E-state index contributed by atoms with van der Waals surface area (Å²) in [7, 11) is 0. The molecule has 1 aromatic carbocycles. The second-order valence-corrected chi connectivity index (χ2v) is 2.27. The standard InChI is InChI=1S/C6H4N2O4.C2H5F/c9-7(10)5-3-1-2-4-6(5)8(11)12;1-2-3/h1-4H;2H2,1H3. The lowest BCUT2D eigenvalue weighted by Gasteiger charge is -1.91. The molecule has 0 saturated carbocycles. The van der Waals surface area contributed by atoms with E-state index < -0.39 is 21.2 Å². The van der Waals surface area contributed by atoms with Gasteiger partial charge in [0, 0.05) is 12.1 Å². The van der Waals surface area contributed by atoms with E-state index >= 15 is 0 Å². The fourth-order valence-corrected chi connectivity index (χ4v) is 0.773. The Kier molecular flexibility index (Phi) is 5.53. The van der Waals surface area contributed by atoms with Crippen molar-refractivity contribution >= 4 is 11.4 Å². The molecule has 0 spiro atoms. The molecule has 0 aliphatic rings. The van der Waals surface area contributed by atoms with Gasteiger partial charge in [-0.2, -0.15) is 0 Å². The van der Waals surface area contributed by atoms with Crippen molar-refractivity contribution in [2.75, 3.05) is 6.67 Å². The Hall–Kier alpha value is -2.05. The van der Waals surface area contributed by atoms with E-state index in [0.717, 1.165) is 12.1 Å². The molecule has 0 aliphatic heterocycles. The molecule has 0 saturated heterocycles. The van der Waals surface area contributed by atoms with Crippen LogP contribution in [0.2, 0.25) is 0 Å². The van der Waals surface area contributed by atoms with Gasteiger partial charge in [-0.05, 0) is 6.92 Å². The van der Waals surface area contributed by atoms with Crippen LogP contribution in [0.3, 0.4) is 0 Å². The van der Waals surface area contributed by atoms with Crippen LogP contribution in [0.1, 0.15) is 6.92 Å². The maximum absolute atomic E-state index is 10.3. The number of halogens is 1. The van der Waals surface area contributed by atoms with E-state index in [4.69, 9.17) is 0 Å². The van der Waals surface area contributed by atoms with Crippen molar-refractivity contribution in [2.45, 2.75) is 6.92 Å². The zero-order valence-electron chi connectivity index (χ0n) is 7.92. The maximum atomic E-state index is 10.3. The molecule has 1 rings (SSSR count). The molecule has 0 unspecified atom stereocenters. The number of alkyl halides is 1. The summed E-state index contributed by atoms with van der Waals surface area (Å²) in [6, 6.07) is 4.95. The van der Waals surface area contributed by atoms with Gasteiger partial charge in [-0.3, -0.25) is 24.6 Å². The summed E-state index contributed by atoms with van der Waals surface area (Å²) < 4.78 is 10.3. The number of para-hydroxylation sites is 2. The Morgan fingerprint density at radius 3 is 1.60 bits per heavy atom. The van der Waals surface area contributed by atoms with Gasteiger partial charge in [-0.1, -0.05) is 12.1 Å². The minimum absolute atomic E-state index is 0.250. The van der Waals surface area contributed by atoms with Crippen LogP contribution in [0, 0.1) is 20.2 Å². The molecule has 0 aliphatic carbocycles. The first-order valence-electron chi connectivity index (χ1n) is 3.98. The fourth-order valence-electron chi connectivity index (χ4n) is 0.773. The monoisotopic (exact) mass is 216 g/mol. The summed E-state index contributed by atoms with van der Waals surface area (Å²) >= 11 is 0. The molecule has 0 N–H and O–H groups in total. The largest absolute Gasteiger partial charge is 0.346 e. The van der Waals surface area contributed by atoms with Crippen LogP contribution in [0.15, 0.2) is 24.3 Å². The summed E-state index contributed by atoms with van der Waals surface area (Å²) in [5.74, 6) is 0. The second kappa shape index (κ2) is 6.41. The van der Waals surface area contributed by atoms with E-state index in [1.54, 1.807) is 0 Å². The van der Waals surface area contributed by atoms with Crippen molar-refractivity contribution in [1.82, 2.24) is 0 Å². The van der Waals surface area contributed by atoms with Crippen LogP contribution in [0.25, 0.3) is 0 Å². The second-order valence-electron chi connectivity index (χ2n) is 2.27. The van der Waals surface area contributed by atoms with E-state index in [0.29, 0.717) is 0 Å². The zero-order valence-corrected chi connectivity index (χ0v) is 7.92. The number of nitro benzene ring substituents is 2. The smallest absolute Gasteiger partial charge is 0.258 e. The summed E-state index contributed by atoms with van der Waals surface area (Å²) in [6.45, 7) is 1.21. The average Bonchev–Trinajstić information content (AvgIpc) is 2.19. The maximum Gasteiger partial charge on any atom is 0.346 e. The summed E-state index contributed by atoms with van der Waals surface area (Å²) in [4.78, 5) is 18.9. The first-order valence-corrected chi connectivity index (χ1v) is 3.98. The van der Waals surface area contributed by atoms with Crippen molar-refractivity contribution in [3.8, 4) is 0 Å². The molecular weight excluding hydrogens is 207 g/mol. The molecule has 6 nitrogen and oxygen atoms in total. The van der Waals surface area contributed by atoms with Crippen molar-refractivity contribution in [3.63, 3.8) is 0 Å². The Morgan fingerprint density at radius 2 is 1.40 bits per heavy atom. The Balaban J connectivity index is 0.000000583. The highest BCUT2D eigenvalue weighted by atomic mass is 19.1. The molecule has 0 aromatic heterocycles. The van der Waals surface area contributed by atoms with Gasteiger partial charge in [0.15, 0.2) is 0 Å². The summed E-state index contributed by atoms with van der Waals surface area (Å²) in [6.07, 6.45) is 0. The first kappa shape index (κ1) is 12.9. The van der Waals surface area contributed by atoms with Crippen LogP contribution in [-0.2, 0) is 0 Å². The lowest BCUT2D eigenvalue weighted by atomic mass is 10.3. The van der Waals surface area contributed by atoms with Crippen LogP contribution in [0.4, 0.5) is 15.8 Å². The molecule has 82 valence electrons. The van der Waals surface area contributed by atoms with Crippen molar-refractivity contribution < 1.29 is 14.2 Å². The number of benzene rings is 1. The number of nitrogens with zero attached hydrogens (tertiary/aromatic N) is 2. The normalized spacial score (nSPS) is 8.67. The first-order chi connectivity index (χ1) is 7.04. The van der Waals surface area contributed by atoms with E-state index in [9.17, 15) is 24.6 Å². The predicted octanol–water partition coefficient (Wildman–Crippen LogP) is 2.48. The van der Waals surface area contributed by atoms with Gasteiger partial charge >= 0.3 is 11.4 Å². The van der Waals surface area contributed by atoms with Gasteiger partial charge < -0.3 is 0 Å². The fraction of sp³-hybridized carbons (Fsp3) is 0.250. The number of nitro groups is 2. The van der Waals surface area contributed by atoms with Crippen LogP contribution in [-0.4, -0.2) is 16.5 Å². The third-order valence-corrected chi connectivity index (χ3v) is 1.28. The lowest BCUT2D eigenvalue weighted by molar-refractivity contribution is -0.422. The molecule has 0 amide bonds. The SMILES string of the molecule is CCF.O=[N+]([O-])c1ccccc1[N+](=O)[O-]. The highest BCUT2D eigenvalue weighted by Crippen LogP contribution is 2.24. The van der Waals surface area contributed by atoms with Gasteiger partial charge in [-0.25, -0.2) is 0 Å². The van der Waals surface area contributed by atoms with Gasteiger partial charge in [-0.15, -0.1) is 0 Å². The highest BCUT2D eigenvalue weighted by molar-refractivity contribution is 5.51. The van der Waals surface area contributed by atoms with Crippen LogP contribution in [0.5, 0.6) is 0 Å².